The monoisotopic (exact) mass is 318 g/mol. The molecular weight excluding hydrogens is 309 g/mol. The van der Waals surface area contributed by atoms with E-state index in [2.05, 4.69) is 10.3 Å². The Morgan fingerprint density at radius 1 is 1.19 bits per heavy atom. The maximum Gasteiger partial charge on any atom is 0.490 e. The molecule has 0 fully saturated rings. The van der Waals surface area contributed by atoms with Gasteiger partial charge in [0, 0.05) is 16.9 Å². The van der Waals surface area contributed by atoms with Crippen molar-refractivity contribution in [1.82, 2.24) is 4.98 Å². The second-order valence-corrected chi connectivity index (χ2v) is 4.09. The van der Waals surface area contributed by atoms with Crippen LogP contribution < -0.4 is 5.32 Å². The van der Waals surface area contributed by atoms with Crippen LogP contribution in [-0.2, 0) is 4.79 Å². The Morgan fingerprint density at radius 2 is 1.86 bits per heavy atom. The van der Waals surface area contributed by atoms with Gasteiger partial charge in [-0.1, -0.05) is 23.7 Å². The average molecular weight is 319 g/mol. The number of hydrogen-bond acceptors (Lipinski definition) is 3. The van der Waals surface area contributed by atoms with Crippen molar-refractivity contribution in [2.45, 2.75) is 6.18 Å². The summed E-state index contributed by atoms with van der Waals surface area (Å²) in [6.07, 6.45) is -3.34. The molecule has 1 aromatic carbocycles. The summed E-state index contributed by atoms with van der Waals surface area (Å²) in [4.78, 5) is 13.0. The van der Waals surface area contributed by atoms with Crippen molar-refractivity contribution in [3.8, 4) is 0 Å². The number of nitrogens with zero attached hydrogens (tertiary/aromatic N) is 1. The average Bonchev–Trinajstić information content (AvgIpc) is 2.39. The molecule has 0 unspecified atom stereocenters. The van der Waals surface area contributed by atoms with Crippen LogP contribution in [0.2, 0.25) is 5.02 Å². The number of benzene rings is 1. The molecule has 2 N–H and O–H groups in total. The Kier molecular flexibility index (Phi) is 5.98. The van der Waals surface area contributed by atoms with E-state index in [-0.39, 0.29) is 0 Å². The number of carboxylic acid groups (broad SMARTS) is 1. The van der Waals surface area contributed by atoms with Crippen molar-refractivity contribution in [2.75, 3.05) is 5.32 Å². The summed E-state index contributed by atoms with van der Waals surface area (Å²) in [7, 11) is 0. The number of aromatic nitrogens is 1. The lowest BCUT2D eigenvalue weighted by atomic mass is 10.3. The molecule has 8 heteroatoms. The summed E-state index contributed by atoms with van der Waals surface area (Å²) in [5.41, 5.74) is 0.941. The normalized spacial score (nSPS) is 10.3. The summed E-state index contributed by atoms with van der Waals surface area (Å²) >= 11 is 5.85. The highest BCUT2D eigenvalue weighted by Gasteiger charge is 2.38. The molecule has 0 amide bonds. The minimum atomic E-state index is -5.08. The van der Waals surface area contributed by atoms with Crippen molar-refractivity contribution >= 4 is 29.1 Å². The first-order valence-corrected chi connectivity index (χ1v) is 5.90. The molecule has 1 aromatic heterocycles. The molecule has 112 valence electrons. The van der Waals surface area contributed by atoms with E-state index in [0.717, 1.165) is 11.5 Å². The maximum atomic E-state index is 10.6. The SMILES string of the molecule is Clc1cccc(Nc2ccccn2)c1.O=C(O)C(F)(F)F. The number of nitrogens with one attached hydrogen (secondary N) is 1. The second-order valence-electron chi connectivity index (χ2n) is 3.65. The number of alkyl halides is 3. The molecule has 0 spiro atoms. The highest BCUT2D eigenvalue weighted by Crippen LogP contribution is 2.18. The summed E-state index contributed by atoms with van der Waals surface area (Å²) < 4.78 is 31.7. The first kappa shape index (κ1) is 16.8. The topological polar surface area (TPSA) is 62.2 Å². The van der Waals surface area contributed by atoms with Gasteiger partial charge in [0.15, 0.2) is 0 Å². The van der Waals surface area contributed by atoms with Gasteiger partial charge in [-0.25, -0.2) is 9.78 Å². The van der Waals surface area contributed by atoms with Crippen LogP contribution in [0.25, 0.3) is 0 Å². The van der Waals surface area contributed by atoms with Gasteiger partial charge in [-0.05, 0) is 30.3 Å². The van der Waals surface area contributed by atoms with Gasteiger partial charge in [-0.2, -0.15) is 13.2 Å². The summed E-state index contributed by atoms with van der Waals surface area (Å²) in [5.74, 6) is -1.94. The van der Waals surface area contributed by atoms with E-state index in [4.69, 9.17) is 21.5 Å². The third-order valence-corrected chi connectivity index (χ3v) is 2.24. The fourth-order valence-corrected chi connectivity index (χ4v) is 1.34. The van der Waals surface area contributed by atoms with E-state index in [9.17, 15) is 13.2 Å². The van der Waals surface area contributed by atoms with Crippen LogP contribution >= 0.6 is 11.6 Å². The maximum absolute atomic E-state index is 10.6. The lowest BCUT2D eigenvalue weighted by molar-refractivity contribution is -0.192. The first-order chi connectivity index (χ1) is 9.79. The third-order valence-electron chi connectivity index (χ3n) is 2.00. The van der Waals surface area contributed by atoms with Crippen LogP contribution in [0.3, 0.4) is 0 Å². The van der Waals surface area contributed by atoms with E-state index < -0.39 is 12.1 Å². The molecule has 4 nitrogen and oxygen atoms in total. The van der Waals surface area contributed by atoms with Crippen LogP contribution in [-0.4, -0.2) is 22.2 Å². The van der Waals surface area contributed by atoms with Crippen LogP contribution in [0.1, 0.15) is 0 Å². The summed E-state index contributed by atoms with van der Waals surface area (Å²) in [6.45, 7) is 0. The van der Waals surface area contributed by atoms with Crippen molar-refractivity contribution in [3.05, 3.63) is 53.7 Å². The zero-order chi connectivity index (χ0) is 15.9. The third kappa shape index (κ3) is 6.62. The Hall–Kier alpha value is -2.28. The summed E-state index contributed by atoms with van der Waals surface area (Å²) in [5, 5.41) is 11.0. The number of rotatable bonds is 2. The van der Waals surface area contributed by atoms with Gasteiger partial charge < -0.3 is 10.4 Å². The van der Waals surface area contributed by atoms with Gasteiger partial charge in [0.25, 0.3) is 0 Å². The van der Waals surface area contributed by atoms with Gasteiger partial charge >= 0.3 is 12.1 Å². The number of anilines is 2. The Bertz CT molecular complexity index is 591. The van der Waals surface area contributed by atoms with Gasteiger partial charge in [0.1, 0.15) is 5.82 Å². The quantitative estimate of drug-likeness (QED) is 0.874. The molecule has 0 saturated carbocycles. The van der Waals surface area contributed by atoms with E-state index >= 15 is 0 Å². The van der Waals surface area contributed by atoms with Gasteiger partial charge in [-0.3, -0.25) is 0 Å². The molecule has 0 aliphatic carbocycles. The minimum Gasteiger partial charge on any atom is -0.475 e. The van der Waals surface area contributed by atoms with E-state index in [1.165, 1.54) is 0 Å². The fraction of sp³-hybridized carbons (Fsp3) is 0.0769. The molecular formula is C13H10ClF3N2O2. The largest absolute Gasteiger partial charge is 0.490 e. The molecule has 2 rings (SSSR count). The second kappa shape index (κ2) is 7.49. The highest BCUT2D eigenvalue weighted by molar-refractivity contribution is 6.30. The van der Waals surface area contributed by atoms with Gasteiger partial charge in [0.2, 0.25) is 0 Å². The highest BCUT2D eigenvalue weighted by atomic mass is 35.5. The van der Waals surface area contributed by atoms with Crippen LogP contribution in [0.4, 0.5) is 24.7 Å². The van der Waals surface area contributed by atoms with E-state index in [1.807, 2.05) is 42.5 Å². The summed E-state index contributed by atoms with van der Waals surface area (Å²) in [6, 6.07) is 13.2. The molecule has 0 saturated heterocycles. The Balaban J connectivity index is 0.000000270. The lowest BCUT2D eigenvalue weighted by Gasteiger charge is -2.04. The number of carboxylic acids is 1. The van der Waals surface area contributed by atoms with Crippen molar-refractivity contribution in [3.63, 3.8) is 0 Å². The van der Waals surface area contributed by atoms with Gasteiger partial charge in [-0.15, -0.1) is 0 Å². The van der Waals surface area contributed by atoms with E-state index in [1.54, 1.807) is 6.20 Å². The molecule has 21 heavy (non-hydrogen) atoms. The predicted molar refractivity (Wildman–Crippen MR) is 72.7 cm³/mol. The molecule has 0 radical (unpaired) electrons. The van der Waals surface area contributed by atoms with Crippen LogP contribution in [0.15, 0.2) is 48.7 Å². The first-order valence-electron chi connectivity index (χ1n) is 5.53. The number of pyridine rings is 1. The number of aliphatic carboxylic acids is 1. The molecule has 0 aliphatic heterocycles. The lowest BCUT2D eigenvalue weighted by Crippen LogP contribution is -2.21. The molecule has 0 atom stereocenters. The van der Waals surface area contributed by atoms with Crippen LogP contribution in [0, 0.1) is 0 Å². The smallest absolute Gasteiger partial charge is 0.475 e. The number of hydrogen-bond donors (Lipinski definition) is 2. The molecule has 0 aliphatic rings. The Morgan fingerprint density at radius 3 is 2.33 bits per heavy atom. The van der Waals surface area contributed by atoms with Crippen molar-refractivity contribution in [1.29, 1.82) is 0 Å². The zero-order valence-corrected chi connectivity index (χ0v) is 11.2. The number of halogens is 4. The van der Waals surface area contributed by atoms with Gasteiger partial charge in [0.05, 0.1) is 0 Å². The molecule has 1 heterocycles. The number of carbonyl (C=O) groups is 1. The zero-order valence-electron chi connectivity index (χ0n) is 10.4. The predicted octanol–water partition coefficient (Wildman–Crippen LogP) is 4.11. The fourth-order valence-electron chi connectivity index (χ4n) is 1.15. The minimum absolute atomic E-state index is 0.714. The standard InChI is InChI=1S/C11H9ClN2.C2HF3O2/c12-9-4-3-5-10(8-9)14-11-6-1-2-7-13-11;3-2(4,5)1(6)7/h1-8H,(H,13,14);(H,6,7). The Labute approximate surface area is 123 Å². The van der Waals surface area contributed by atoms with Crippen LogP contribution in [0.5, 0.6) is 0 Å². The van der Waals surface area contributed by atoms with Crippen molar-refractivity contribution in [2.24, 2.45) is 0 Å². The molecule has 0 bridgehead atoms. The molecule has 2 aromatic rings. The van der Waals surface area contributed by atoms with E-state index in [0.29, 0.717) is 5.02 Å². The van der Waals surface area contributed by atoms with Crippen molar-refractivity contribution < 1.29 is 23.1 Å².